The molecule has 2 N–H and O–H groups in total. The monoisotopic (exact) mass is 417 g/mol. The van der Waals surface area contributed by atoms with Crippen LogP contribution in [0.25, 0.3) is 0 Å². The molecular weight excluding hydrogens is 394 g/mol. The number of para-hydroxylation sites is 2. The van der Waals surface area contributed by atoms with E-state index in [1.54, 1.807) is 24.3 Å². The molecule has 2 aromatic rings. The summed E-state index contributed by atoms with van der Waals surface area (Å²) in [6, 6.07) is 12.3. The van der Waals surface area contributed by atoms with E-state index in [2.05, 4.69) is 10.6 Å². The summed E-state index contributed by atoms with van der Waals surface area (Å²) in [6.07, 6.45) is -0.203. The summed E-state index contributed by atoms with van der Waals surface area (Å²) in [5, 5.41) is 5.23. The Kier molecular flexibility index (Phi) is 6.07. The summed E-state index contributed by atoms with van der Waals surface area (Å²) in [7, 11) is -2.47. The quantitative estimate of drug-likeness (QED) is 0.742. The Morgan fingerprint density at radius 1 is 1.14 bits per heavy atom. The zero-order valence-corrected chi connectivity index (χ0v) is 17.0. The molecule has 0 spiro atoms. The van der Waals surface area contributed by atoms with Crippen molar-refractivity contribution >= 4 is 27.5 Å². The molecule has 154 valence electrons. The van der Waals surface area contributed by atoms with Gasteiger partial charge in [-0.25, -0.2) is 8.42 Å². The Morgan fingerprint density at radius 3 is 2.48 bits per heavy atom. The average molecular weight is 417 g/mol. The van der Waals surface area contributed by atoms with E-state index in [0.717, 1.165) is 6.42 Å². The lowest BCUT2D eigenvalue weighted by atomic mass is 10.2. The van der Waals surface area contributed by atoms with Gasteiger partial charge >= 0.3 is 0 Å². The third-order valence-electron chi connectivity index (χ3n) is 4.51. The molecule has 1 aliphatic rings. The predicted octanol–water partition coefficient (Wildman–Crippen LogP) is 1.53. The third kappa shape index (κ3) is 4.19. The van der Waals surface area contributed by atoms with Gasteiger partial charge in [-0.15, -0.1) is 0 Å². The van der Waals surface area contributed by atoms with Gasteiger partial charge in [0, 0.05) is 19.2 Å². The van der Waals surface area contributed by atoms with E-state index >= 15 is 0 Å². The van der Waals surface area contributed by atoms with Crippen molar-refractivity contribution in [1.82, 2.24) is 10.6 Å². The summed E-state index contributed by atoms with van der Waals surface area (Å²) < 4.78 is 33.6. The maximum absolute atomic E-state index is 13.3. The standard InChI is InChI=1S/C20H23N3O5S/c1-3-12-22-20(25)18-13-23(16-6-4-5-7-17(16)28-18)29(26,27)15-10-8-14(9-11-15)19(24)21-2/h4-11,18H,3,12-13H2,1-2H3,(H,21,24)(H,22,25). The second kappa shape index (κ2) is 8.52. The van der Waals surface area contributed by atoms with Crippen LogP contribution in [0.2, 0.25) is 0 Å². The van der Waals surface area contributed by atoms with E-state index in [-0.39, 0.29) is 23.3 Å². The first-order valence-corrected chi connectivity index (χ1v) is 10.7. The molecule has 0 saturated carbocycles. The number of ether oxygens (including phenoxy) is 1. The van der Waals surface area contributed by atoms with Crippen molar-refractivity contribution in [2.45, 2.75) is 24.3 Å². The van der Waals surface area contributed by atoms with E-state index in [1.807, 2.05) is 6.92 Å². The summed E-state index contributed by atoms with van der Waals surface area (Å²) in [6.45, 7) is 2.26. The Hall–Kier alpha value is -3.07. The molecule has 1 heterocycles. The highest BCUT2D eigenvalue weighted by Crippen LogP contribution is 2.36. The zero-order chi connectivity index (χ0) is 21.0. The number of hydrogen-bond acceptors (Lipinski definition) is 5. The van der Waals surface area contributed by atoms with Crippen molar-refractivity contribution in [3.8, 4) is 5.75 Å². The normalized spacial score (nSPS) is 15.8. The highest BCUT2D eigenvalue weighted by molar-refractivity contribution is 7.92. The smallest absolute Gasteiger partial charge is 0.264 e. The molecule has 2 aromatic carbocycles. The highest BCUT2D eigenvalue weighted by atomic mass is 32.2. The van der Waals surface area contributed by atoms with Gasteiger partial charge in [0.05, 0.1) is 17.1 Å². The van der Waals surface area contributed by atoms with E-state index in [0.29, 0.717) is 23.5 Å². The van der Waals surface area contributed by atoms with Crippen molar-refractivity contribution in [1.29, 1.82) is 0 Å². The second-order valence-corrected chi connectivity index (χ2v) is 8.37. The second-order valence-electron chi connectivity index (χ2n) is 6.50. The van der Waals surface area contributed by atoms with Crippen LogP contribution in [0.4, 0.5) is 5.69 Å². The fourth-order valence-electron chi connectivity index (χ4n) is 2.98. The molecule has 8 nitrogen and oxygen atoms in total. The van der Waals surface area contributed by atoms with Gasteiger partial charge in [0.2, 0.25) is 0 Å². The fourth-order valence-corrected chi connectivity index (χ4v) is 4.45. The van der Waals surface area contributed by atoms with Gasteiger partial charge in [0.25, 0.3) is 21.8 Å². The molecule has 1 aliphatic heterocycles. The van der Waals surface area contributed by atoms with Crippen LogP contribution < -0.4 is 19.7 Å². The van der Waals surface area contributed by atoms with Crippen LogP contribution in [0, 0.1) is 0 Å². The molecule has 9 heteroatoms. The molecule has 1 atom stereocenters. The van der Waals surface area contributed by atoms with Crippen LogP contribution in [0.1, 0.15) is 23.7 Å². The molecule has 3 rings (SSSR count). The highest BCUT2D eigenvalue weighted by Gasteiger charge is 2.37. The Morgan fingerprint density at radius 2 is 1.83 bits per heavy atom. The van der Waals surface area contributed by atoms with Crippen LogP contribution in [0.5, 0.6) is 5.75 Å². The number of sulfonamides is 1. The molecule has 0 bridgehead atoms. The minimum atomic E-state index is -3.97. The third-order valence-corrected chi connectivity index (χ3v) is 6.30. The summed E-state index contributed by atoms with van der Waals surface area (Å²) in [4.78, 5) is 24.2. The Balaban J connectivity index is 1.96. The first-order chi connectivity index (χ1) is 13.9. The molecule has 0 aromatic heterocycles. The number of carbonyl (C=O) groups excluding carboxylic acids is 2. The number of hydrogen-bond donors (Lipinski definition) is 2. The van der Waals surface area contributed by atoms with Crippen LogP contribution in [-0.4, -0.2) is 46.5 Å². The van der Waals surface area contributed by atoms with E-state index in [4.69, 9.17) is 4.74 Å². The van der Waals surface area contributed by atoms with Crippen LogP contribution in [0.15, 0.2) is 53.4 Å². The minimum absolute atomic E-state index is 0.0228. The number of benzene rings is 2. The minimum Gasteiger partial charge on any atom is -0.476 e. The summed E-state index contributed by atoms with van der Waals surface area (Å²) in [5.41, 5.74) is 0.716. The molecule has 29 heavy (non-hydrogen) atoms. The number of nitrogens with one attached hydrogen (secondary N) is 2. The molecule has 2 amide bonds. The van der Waals surface area contributed by atoms with Crippen LogP contribution >= 0.6 is 0 Å². The topological polar surface area (TPSA) is 105 Å². The van der Waals surface area contributed by atoms with Gasteiger partial charge in [-0.2, -0.15) is 0 Å². The largest absolute Gasteiger partial charge is 0.476 e. The maximum Gasteiger partial charge on any atom is 0.264 e. The number of carbonyl (C=O) groups is 2. The van der Waals surface area contributed by atoms with Crippen LogP contribution in [-0.2, 0) is 14.8 Å². The molecule has 0 fully saturated rings. The SMILES string of the molecule is CCCNC(=O)C1CN(S(=O)(=O)c2ccc(C(=O)NC)cc2)c2ccccc2O1. The lowest BCUT2D eigenvalue weighted by Gasteiger charge is -2.34. The van der Waals surface area contributed by atoms with Crippen molar-refractivity contribution in [3.63, 3.8) is 0 Å². The van der Waals surface area contributed by atoms with Crippen molar-refractivity contribution in [2.24, 2.45) is 0 Å². The van der Waals surface area contributed by atoms with Gasteiger partial charge < -0.3 is 15.4 Å². The lowest BCUT2D eigenvalue weighted by molar-refractivity contribution is -0.127. The van der Waals surface area contributed by atoms with Gasteiger partial charge in [-0.3, -0.25) is 13.9 Å². The summed E-state index contributed by atoms with van der Waals surface area (Å²) >= 11 is 0. The summed E-state index contributed by atoms with van der Waals surface area (Å²) in [5.74, 6) is -0.351. The maximum atomic E-state index is 13.3. The van der Waals surface area contributed by atoms with E-state index in [1.165, 1.54) is 35.6 Å². The van der Waals surface area contributed by atoms with Gasteiger partial charge in [0.1, 0.15) is 5.75 Å². The van der Waals surface area contributed by atoms with Crippen LogP contribution in [0.3, 0.4) is 0 Å². The first kappa shape index (κ1) is 20.7. The number of rotatable bonds is 6. The molecular formula is C20H23N3O5S. The molecule has 1 unspecified atom stereocenters. The first-order valence-electron chi connectivity index (χ1n) is 9.26. The van der Waals surface area contributed by atoms with E-state index < -0.39 is 16.1 Å². The van der Waals surface area contributed by atoms with Gasteiger partial charge in [-0.05, 0) is 42.8 Å². The number of anilines is 1. The number of amides is 2. The Bertz CT molecular complexity index is 1010. The number of nitrogens with zero attached hydrogens (tertiary/aromatic N) is 1. The van der Waals surface area contributed by atoms with Crippen molar-refractivity contribution < 1.29 is 22.7 Å². The van der Waals surface area contributed by atoms with E-state index in [9.17, 15) is 18.0 Å². The number of fused-ring (bicyclic) bond motifs is 1. The van der Waals surface area contributed by atoms with Crippen molar-refractivity contribution in [2.75, 3.05) is 24.4 Å². The average Bonchev–Trinajstić information content (AvgIpc) is 2.76. The fraction of sp³-hybridized carbons (Fsp3) is 0.300. The zero-order valence-electron chi connectivity index (χ0n) is 16.2. The Labute approximate surface area is 169 Å². The molecule has 0 radical (unpaired) electrons. The molecule has 0 aliphatic carbocycles. The van der Waals surface area contributed by atoms with Gasteiger partial charge in [0.15, 0.2) is 6.10 Å². The predicted molar refractivity (Wildman–Crippen MR) is 109 cm³/mol. The van der Waals surface area contributed by atoms with Gasteiger partial charge in [-0.1, -0.05) is 19.1 Å². The lowest BCUT2D eigenvalue weighted by Crippen LogP contribution is -2.50. The molecule has 0 saturated heterocycles. The van der Waals surface area contributed by atoms with Crippen molar-refractivity contribution in [3.05, 3.63) is 54.1 Å².